The van der Waals surface area contributed by atoms with Crippen molar-refractivity contribution < 1.29 is 23.4 Å². The number of phenolic OH excluding ortho intramolecular Hbond substituents is 1. The second-order valence-corrected chi connectivity index (χ2v) is 12.3. The summed E-state index contributed by atoms with van der Waals surface area (Å²) in [6.07, 6.45) is 13.5. The van der Waals surface area contributed by atoms with Crippen LogP contribution in [0.5, 0.6) is 11.8 Å². The van der Waals surface area contributed by atoms with Gasteiger partial charge in [0.15, 0.2) is 5.82 Å². The van der Waals surface area contributed by atoms with Crippen LogP contribution in [0.2, 0.25) is 0 Å². The molecule has 1 spiro atoms. The van der Waals surface area contributed by atoms with Crippen molar-refractivity contribution in [3.05, 3.63) is 47.7 Å². The Morgan fingerprint density at radius 3 is 2.65 bits per heavy atom. The summed E-state index contributed by atoms with van der Waals surface area (Å²) >= 11 is 0. The summed E-state index contributed by atoms with van der Waals surface area (Å²) in [5.41, 5.74) is -0.102. The third kappa shape index (κ3) is 4.13. The van der Waals surface area contributed by atoms with Crippen molar-refractivity contribution in [1.82, 2.24) is 19.9 Å². The Bertz CT molecular complexity index is 1830. The Morgan fingerprint density at radius 2 is 1.88 bits per heavy atom. The van der Waals surface area contributed by atoms with Crippen LogP contribution in [-0.2, 0) is 4.74 Å². The van der Waals surface area contributed by atoms with E-state index in [2.05, 4.69) is 25.7 Å². The molecule has 10 heteroatoms. The monoisotopic (exact) mass is 583 g/mol. The van der Waals surface area contributed by atoms with E-state index in [9.17, 15) is 9.50 Å². The van der Waals surface area contributed by atoms with Crippen molar-refractivity contribution in [3.8, 4) is 35.4 Å². The highest BCUT2D eigenvalue weighted by Gasteiger charge is 2.51. The number of hydrogen-bond donors (Lipinski definition) is 1. The number of anilines is 1. The normalized spacial score (nSPS) is 20.5. The molecular weight excluding hydrogens is 552 g/mol. The van der Waals surface area contributed by atoms with E-state index in [-0.39, 0.29) is 45.2 Å². The molecule has 43 heavy (non-hydrogen) atoms. The number of fused-ring (bicyclic) bond motifs is 3. The molecule has 0 radical (unpaired) electrons. The molecule has 0 atom stereocenters. The summed E-state index contributed by atoms with van der Waals surface area (Å²) in [6.45, 7) is 4.28. The Labute approximate surface area is 247 Å². The molecule has 2 aromatic heterocycles. The Hall–Kier alpha value is -4.07. The van der Waals surface area contributed by atoms with Crippen LogP contribution in [0, 0.1) is 24.0 Å². The van der Waals surface area contributed by atoms with E-state index in [1.807, 2.05) is 0 Å². The number of morpholine rings is 1. The van der Waals surface area contributed by atoms with Gasteiger partial charge in [-0.3, -0.25) is 9.88 Å². The minimum atomic E-state index is -0.718. The molecule has 1 aliphatic carbocycles. The maximum Gasteiger partial charge on any atom is 0.319 e. The number of pyridine rings is 1. The van der Waals surface area contributed by atoms with Crippen molar-refractivity contribution in [1.29, 1.82) is 0 Å². The van der Waals surface area contributed by atoms with Gasteiger partial charge in [-0.05, 0) is 75.2 Å². The van der Waals surface area contributed by atoms with Crippen molar-refractivity contribution in [2.45, 2.75) is 49.6 Å². The average Bonchev–Trinajstić information content (AvgIpc) is 3.47. The van der Waals surface area contributed by atoms with Gasteiger partial charge in [-0.1, -0.05) is 12.0 Å². The van der Waals surface area contributed by atoms with Crippen LogP contribution in [0.15, 0.2) is 30.5 Å². The number of hydrogen-bond acceptors (Lipinski definition) is 8. The second kappa shape index (κ2) is 9.73. The van der Waals surface area contributed by atoms with Crippen LogP contribution in [0.4, 0.5) is 14.6 Å². The Morgan fingerprint density at radius 1 is 1.07 bits per heavy atom. The zero-order valence-electron chi connectivity index (χ0n) is 23.7. The molecule has 4 aromatic rings. The highest BCUT2D eigenvalue weighted by Crippen LogP contribution is 2.48. The van der Waals surface area contributed by atoms with Gasteiger partial charge in [0, 0.05) is 23.7 Å². The van der Waals surface area contributed by atoms with E-state index in [1.54, 1.807) is 6.20 Å². The fraction of sp³-hybridized carbons (Fsp3) is 0.424. The Kier molecular flexibility index (Phi) is 6.01. The van der Waals surface area contributed by atoms with Gasteiger partial charge in [0.25, 0.3) is 0 Å². The van der Waals surface area contributed by atoms with Crippen LogP contribution < -0.4 is 9.64 Å². The fourth-order valence-electron chi connectivity index (χ4n) is 7.51. The first-order valence-electron chi connectivity index (χ1n) is 14.9. The van der Waals surface area contributed by atoms with E-state index >= 15 is 4.39 Å². The van der Waals surface area contributed by atoms with Crippen LogP contribution in [0.1, 0.15) is 44.1 Å². The number of rotatable bonds is 5. The second-order valence-electron chi connectivity index (χ2n) is 12.3. The zero-order valence-corrected chi connectivity index (χ0v) is 23.7. The first-order chi connectivity index (χ1) is 20.9. The van der Waals surface area contributed by atoms with Gasteiger partial charge in [-0.2, -0.15) is 9.97 Å². The largest absolute Gasteiger partial charge is 0.508 e. The summed E-state index contributed by atoms with van der Waals surface area (Å²) in [6, 6.07) is 5.67. The minimum Gasteiger partial charge on any atom is -0.508 e. The van der Waals surface area contributed by atoms with Gasteiger partial charge in [0.1, 0.15) is 35.2 Å². The fourth-order valence-corrected chi connectivity index (χ4v) is 7.51. The van der Waals surface area contributed by atoms with Gasteiger partial charge < -0.3 is 19.5 Å². The maximum atomic E-state index is 16.8. The average molecular weight is 584 g/mol. The third-order valence-corrected chi connectivity index (χ3v) is 9.86. The molecule has 4 fully saturated rings. The predicted molar refractivity (Wildman–Crippen MR) is 158 cm³/mol. The lowest BCUT2D eigenvalue weighted by Gasteiger charge is -2.37. The van der Waals surface area contributed by atoms with Gasteiger partial charge in [0.05, 0.1) is 35.2 Å². The SMILES string of the molecule is C#Cc1c(F)ccc2cc(O)cc(-c3ncc4c(N5CCOCC56CC6)nc(OCC56CCCN5CCC6)nc4c3F)c12. The van der Waals surface area contributed by atoms with Gasteiger partial charge in [-0.15, -0.1) is 6.42 Å². The first kappa shape index (κ1) is 26.5. The molecule has 8 rings (SSSR count). The molecule has 0 bridgehead atoms. The topological polar surface area (TPSA) is 83.8 Å². The summed E-state index contributed by atoms with van der Waals surface area (Å²) in [4.78, 5) is 18.7. The third-order valence-electron chi connectivity index (χ3n) is 9.86. The lowest BCUT2D eigenvalue weighted by molar-refractivity contribution is 0.0857. The molecule has 1 N–H and O–H groups in total. The smallest absolute Gasteiger partial charge is 0.319 e. The van der Waals surface area contributed by atoms with E-state index in [1.165, 1.54) is 24.3 Å². The molecule has 220 valence electrons. The first-order valence-corrected chi connectivity index (χ1v) is 14.9. The summed E-state index contributed by atoms with van der Waals surface area (Å²) in [7, 11) is 0. The van der Waals surface area contributed by atoms with Gasteiger partial charge in [-0.25, -0.2) is 8.78 Å². The van der Waals surface area contributed by atoms with Crippen molar-refractivity contribution >= 4 is 27.5 Å². The lowest BCUT2D eigenvalue weighted by atomic mass is 9.95. The number of phenols is 1. The molecule has 0 amide bonds. The van der Waals surface area contributed by atoms with Crippen LogP contribution >= 0.6 is 0 Å². The molecular formula is C33H31F2N5O3. The molecule has 5 heterocycles. The molecule has 3 aliphatic heterocycles. The highest BCUT2D eigenvalue weighted by molar-refractivity contribution is 6.03. The molecule has 3 saturated heterocycles. The van der Waals surface area contributed by atoms with E-state index in [4.69, 9.17) is 20.9 Å². The number of aromatic nitrogens is 3. The van der Waals surface area contributed by atoms with Gasteiger partial charge in [0.2, 0.25) is 0 Å². The lowest BCUT2D eigenvalue weighted by Crippen LogP contribution is -2.48. The van der Waals surface area contributed by atoms with Gasteiger partial charge >= 0.3 is 6.01 Å². The van der Waals surface area contributed by atoms with E-state index in [0.29, 0.717) is 48.3 Å². The zero-order chi connectivity index (χ0) is 29.3. The summed E-state index contributed by atoms with van der Waals surface area (Å²) < 4.78 is 43.7. The number of aromatic hydroxyl groups is 1. The van der Waals surface area contributed by atoms with Crippen LogP contribution in [0.25, 0.3) is 32.9 Å². The van der Waals surface area contributed by atoms with E-state index < -0.39 is 11.6 Å². The molecule has 4 aliphatic rings. The number of nitrogens with zero attached hydrogens (tertiary/aromatic N) is 5. The molecule has 1 saturated carbocycles. The number of terminal acetylenes is 1. The minimum absolute atomic E-state index is 0.0258. The molecule has 0 unspecified atom stereocenters. The summed E-state index contributed by atoms with van der Waals surface area (Å²) in [5.74, 6) is 1.51. The predicted octanol–water partition coefficient (Wildman–Crippen LogP) is 5.19. The van der Waals surface area contributed by atoms with Crippen molar-refractivity contribution in [2.75, 3.05) is 44.4 Å². The quantitative estimate of drug-likeness (QED) is 0.322. The van der Waals surface area contributed by atoms with Crippen LogP contribution in [-0.4, -0.2) is 75.5 Å². The standard InChI is InChI=1S/C33H31F2N5O3/c1-2-22-25(34)6-5-20-15-21(41)16-23(26(20)22)28-27(35)29-24(17-36-28)30(40-13-14-42-18-33(40)9-10-33)38-31(37-29)43-19-32-7-3-11-39(32)12-4-8-32/h1,5-6,15-17,41H,3-4,7-14,18-19H2. The van der Waals surface area contributed by atoms with Crippen molar-refractivity contribution in [2.24, 2.45) is 0 Å². The number of halogens is 2. The van der Waals surface area contributed by atoms with E-state index in [0.717, 1.165) is 51.6 Å². The Balaban J connectivity index is 1.30. The number of ether oxygens (including phenoxy) is 2. The van der Waals surface area contributed by atoms with Crippen LogP contribution in [0.3, 0.4) is 0 Å². The highest BCUT2D eigenvalue weighted by atomic mass is 19.1. The van der Waals surface area contributed by atoms with Crippen molar-refractivity contribution in [3.63, 3.8) is 0 Å². The molecule has 2 aromatic carbocycles. The maximum absolute atomic E-state index is 16.8. The molecule has 8 nitrogen and oxygen atoms in total. The number of benzene rings is 2. The summed E-state index contributed by atoms with van der Waals surface area (Å²) in [5, 5.41) is 11.7.